The molecule has 0 atom stereocenters. The summed E-state index contributed by atoms with van der Waals surface area (Å²) >= 11 is 15.2. The van der Waals surface area contributed by atoms with Crippen molar-refractivity contribution in [1.29, 1.82) is 0 Å². The lowest BCUT2D eigenvalue weighted by atomic mass is 9.96. The molecule has 0 bridgehead atoms. The van der Waals surface area contributed by atoms with Crippen molar-refractivity contribution < 1.29 is 8.42 Å². The van der Waals surface area contributed by atoms with E-state index < -0.39 is 10.0 Å². The van der Waals surface area contributed by atoms with Gasteiger partial charge in [-0.3, -0.25) is 0 Å². The minimum atomic E-state index is -3.56. The zero-order valence-corrected chi connectivity index (χ0v) is 14.0. The normalized spacial score (nSPS) is 24.4. The van der Waals surface area contributed by atoms with E-state index in [4.69, 9.17) is 23.2 Å². The van der Waals surface area contributed by atoms with Crippen LogP contribution < -0.4 is 4.72 Å². The van der Waals surface area contributed by atoms with Crippen LogP contribution in [-0.4, -0.2) is 19.3 Å². The number of nitrogens with one attached hydrogen (secondary N) is 1. The van der Waals surface area contributed by atoms with Gasteiger partial charge in [-0.1, -0.05) is 39.1 Å². The number of hydrogen-bond donors (Lipinski definition) is 1. The topological polar surface area (TPSA) is 46.2 Å². The van der Waals surface area contributed by atoms with E-state index in [2.05, 4.69) is 20.7 Å². The van der Waals surface area contributed by atoms with Crippen molar-refractivity contribution in [1.82, 2.24) is 4.72 Å². The van der Waals surface area contributed by atoms with Gasteiger partial charge in [-0.25, -0.2) is 13.1 Å². The molecule has 0 unspecified atom stereocenters. The second-order valence-corrected chi connectivity index (χ2v) is 8.56. The molecule has 1 aliphatic carbocycles. The zero-order valence-electron chi connectivity index (χ0n) is 10.1. The van der Waals surface area contributed by atoms with E-state index >= 15 is 0 Å². The van der Waals surface area contributed by atoms with Gasteiger partial charge in [0.15, 0.2) is 0 Å². The number of hydrogen-bond acceptors (Lipinski definition) is 2. The molecule has 19 heavy (non-hydrogen) atoms. The van der Waals surface area contributed by atoms with Crippen molar-refractivity contribution in [3.8, 4) is 0 Å². The minimum Gasteiger partial charge on any atom is -0.208 e. The smallest absolute Gasteiger partial charge is 0.208 e. The van der Waals surface area contributed by atoms with Gasteiger partial charge in [-0.2, -0.15) is 0 Å². The molecule has 0 amide bonds. The van der Waals surface area contributed by atoms with Crippen LogP contribution >= 0.6 is 39.1 Å². The van der Waals surface area contributed by atoms with Gasteiger partial charge in [-0.05, 0) is 43.9 Å². The Labute approximate surface area is 131 Å². The number of benzene rings is 1. The van der Waals surface area contributed by atoms with E-state index in [0.29, 0.717) is 14.9 Å². The third kappa shape index (κ3) is 4.33. The molecule has 0 heterocycles. The van der Waals surface area contributed by atoms with Crippen molar-refractivity contribution in [3.05, 3.63) is 28.2 Å². The lowest BCUT2D eigenvalue weighted by Gasteiger charge is -2.25. The van der Waals surface area contributed by atoms with Crippen LogP contribution in [0.3, 0.4) is 0 Å². The Hall–Kier alpha value is 0.190. The second kappa shape index (κ2) is 6.31. The van der Waals surface area contributed by atoms with Gasteiger partial charge in [-0.15, -0.1) is 0 Å². The van der Waals surface area contributed by atoms with Gasteiger partial charge in [0, 0.05) is 20.9 Å². The first kappa shape index (κ1) is 15.6. The molecule has 7 heteroatoms. The average molecular weight is 387 g/mol. The first-order valence-electron chi connectivity index (χ1n) is 5.99. The quantitative estimate of drug-likeness (QED) is 0.798. The summed E-state index contributed by atoms with van der Waals surface area (Å²) < 4.78 is 27.2. The van der Waals surface area contributed by atoms with Crippen molar-refractivity contribution in [2.75, 3.05) is 0 Å². The maximum Gasteiger partial charge on any atom is 0.240 e. The van der Waals surface area contributed by atoms with E-state index in [1.807, 2.05) is 0 Å². The van der Waals surface area contributed by atoms with Crippen LogP contribution in [0.1, 0.15) is 25.7 Å². The average Bonchev–Trinajstić information content (AvgIpc) is 2.31. The Kier molecular flexibility index (Phi) is 5.17. The maximum atomic E-state index is 12.2. The molecular weight excluding hydrogens is 373 g/mol. The summed E-state index contributed by atoms with van der Waals surface area (Å²) in [5.74, 6) is 0. The highest BCUT2D eigenvalue weighted by atomic mass is 79.9. The maximum absolute atomic E-state index is 12.2. The number of rotatable bonds is 3. The molecular formula is C12H14BrCl2NO2S. The number of alkyl halides is 1. The predicted molar refractivity (Wildman–Crippen MR) is 81.8 cm³/mol. The predicted octanol–water partition coefficient (Wildman–Crippen LogP) is 3.98. The van der Waals surface area contributed by atoms with Gasteiger partial charge in [0.1, 0.15) is 0 Å². The van der Waals surface area contributed by atoms with Crippen LogP contribution in [0, 0.1) is 0 Å². The van der Waals surface area contributed by atoms with Gasteiger partial charge in [0.2, 0.25) is 10.0 Å². The van der Waals surface area contributed by atoms with E-state index in [1.54, 1.807) is 0 Å². The minimum absolute atomic E-state index is 0.0171. The van der Waals surface area contributed by atoms with Crippen molar-refractivity contribution in [2.24, 2.45) is 0 Å². The van der Waals surface area contributed by atoms with Gasteiger partial charge in [0.25, 0.3) is 0 Å². The van der Waals surface area contributed by atoms with Crippen LogP contribution in [-0.2, 0) is 10.0 Å². The molecule has 0 spiro atoms. The second-order valence-electron chi connectivity index (χ2n) is 4.68. The van der Waals surface area contributed by atoms with Gasteiger partial charge in [0.05, 0.1) is 4.90 Å². The summed E-state index contributed by atoms with van der Waals surface area (Å²) in [4.78, 5) is 0.611. The van der Waals surface area contributed by atoms with Gasteiger partial charge >= 0.3 is 0 Å². The largest absolute Gasteiger partial charge is 0.240 e. The molecule has 2 rings (SSSR count). The van der Waals surface area contributed by atoms with Crippen LogP contribution in [0.15, 0.2) is 23.1 Å². The lowest BCUT2D eigenvalue weighted by Crippen LogP contribution is -2.37. The molecule has 1 aromatic rings. The summed E-state index contributed by atoms with van der Waals surface area (Å²) in [5, 5.41) is 0.633. The molecule has 0 saturated heterocycles. The SMILES string of the molecule is O=S(=O)(NC1CCC(Br)CC1)c1cc(Cl)cc(Cl)c1. The third-order valence-corrected chi connectivity index (χ3v) is 5.98. The Morgan fingerprint density at radius 2 is 1.58 bits per heavy atom. The van der Waals surface area contributed by atoms with Crippen LogP contribution in [0.4, 0.5) is 0 Å². The van der Waals surface area contributed by atoms with Crippen LogP contribution in [0.5, 0.6) is 0 Å². The highest BCUT2D eigenvalue weighted by molar-refractivity contribution is 9.09. The molecule has 1 fully saturated rings. The molecule has 1 aromatic carbocycles. The number of halogens is 3. The summed E-state index contributed by atoms with van der Waals surface area (Å²) in [6.45, 7) is 0. The fourth-order valence-corrected chi connectivity index (χ4v) is 4.70. The molecule has 1 saturated carbocycles. The Balaban J connectivity index is 2.14. The van der Waals surface area contributed by atoms with E-state index in [9.17, 15) is 8.42 Å². The zero-order chi connectivity index (χ0) is 14.0. The first-order chi connectivity index (χ1) is 8.87. The summed E-state index contributed by atoms with van der Waals surface area (Å²) in [6.07, 6.45) is 3.62. The summed E-state index contributed by atoms with van der Waals surface area (Å²) in [7, 11) is -3.56. The monoisotopic (exact) mass is 385 g/mol. The molecule has 1 aliphatic rings. The highest BCUT2D eigenvalue weighted by Crippen LogP contribution is 2.27. The molecule has 0 radical (unpaired) electrons. The first-order valence-corrected chi connectivity index (χ1v) is 9.15. The lowest BCUT2D eigenvalue weighted by molar-refractivity contribution is 0.422. The van der Waals surface area contributed by atoms with E-state index in [1.165, 1.54) is 18.2 Å². The third-order valence-electron chi connectivity index (χ3n) is 3.12. The Morgan fingerprint density at radius 3 is 2.11 bits per heavy atom. The van der Waals surface area contributed by atoms with Crippen molar-refractivity contribution in [2.45, 2.75) is 41.4 Å². The number of sulfonamides is 1. The Morgan fingerprint density at radius 1 is 1.05 bits per heavy atom. The molecule has 0 aromatic heterocycles. The van der Waals surface area contributed by atoms with Crippen molar-refractivity contribution in [3.63, 3.8) is 0 Å². The van der Waals surface area contributed by atoms with E-state index in [-0.39, 0.29) is 10.9 Å². The fourth-order valence-electron chi connectivity index (χ4n) is 2.14. The Bertz CT molecular complexity index is 537. The highest BCUT2D eigenvalue weighted by Gasteiger charge is 2.25. The molecule has 1 N–H and O–H groups in total. The molecule has 0 aliphatic heterocycles. The molecule has 3 nitrogen and oxygen atoms in total. The van der Waals surface area contributed by atoms with Crippen LogP contribution in [0.2, 0.25) is 10.0 Å². The van der Waals surface area contributed by atoms with Gasteiger partial charge < -0.3 is 0 Å². The molecule has 106 valence electrons. The summed E-state index contributed by atoms with van der Waals surface area (Å²) in [5.41, 5.74) is 0. The van der Waals surface area contributed by atoms with E-state index in [0.717, 1.165) is 25.7 Å². The van der Waals surface area contributed by atoms with Crippen molar-refractivity contribution >= 4 is 49.2 Å². The standard InChI is InChI=1S/C12H14BrCl2NO2S/c13-8-1-3-11(4-2-8)16-19(17,18)12-6-9(14)5-10(15)7-12/h5-8,11,16H,1-4H2. The fraction of sp³-hybridized carbons (Fsp3) is 0.500. The summed E-state index contributed by atoms with van der Waals surface area (Å²) in [6, 6.07) is 4.31. The van der Waals surface area contributed by atoms with Crippen LogP contribution in [0.25, 0.3) is 0 Å².